The van der Waals surface area contributed by atoms with E-state index in [-0.39, 0.29) is 29.8 Å². The number of nitrogens with zero attached hydrogens (tertiary/aromatic N) is 5. The highest BCUT2D eigenvalue weighted by Crippen LogP contribution is 2.44. The average molecular weight is 572 g/mol. The molecule has 2 bridgehead atoms. The molecule has 1 amide bonds. The van der Waals surface area contributed by atoms with Crippen LogP contribution in [-0.4, -0.2) is 75.5 Å². The fourth-order valence-corrected chi connectivity index (χ4v) is 7.72. The average Bonchev–Trinajstić information content (AvgIpc) is 3.32. The van der Waals surface area contributed by atoms with E-state index < -0.39 is 5.60 Å². The molecular weight excluding hydrogens is 530 g/mol. The number of amides is 1. The minimum Gasteiger partial charge on any atom is -0.444 e. The second-order valence-corrected chi connectivity index (χ2v) is 13.6. The van der Waals surface area contributed by atoms with Crippen molar-refractivity contribution < 1.29 is 14.3 Å². The minimum atomic E-state index is -0.512. The number of hydrogen-bond acceptors (Lipinski definition) is 7. The molecule has 0 aliphatic carbocycles. The summed E-state index contributed by atoms with van der Waals surface area (Å²) in [4.78, 5) is 37.3. The first-order valence-electron chi connectivity index (χ1n) is 15.2. The van der Waals surface area contributed by atoms with Gasteiger partial charge in [0.2, 0.25) is 0 Å². The monoisotopic (exact) mass is 571 g/mol. The Bertz CT molecular complexity index is 1580. The summed E-state index contributed by atoms with van der Waals surface area (Å²) in [5, 5.41) is 1.01. The maximum Gasteiger partial charge on any atom is 0.410 e. The van der Waals surface area contributed by atoms with Crippen molar-refractivity contribution in [3.05, 3.63) is 69.6 Å². The number of hydrogen-bond donors (Lipinski definition) is 0. The van der Waals surface area contributed by atoms with Crippen LogP contribution in [0.3, 0.4) is 0 Å². The molecule has 2 aromatic heterocycles. The van der Waals surface area contributed by atoms with Crippen LogP contribution in [0.25, 0.3) is 11.0 Å². The van der Waals surface area contributed by atoms with Gasteiger partial charge in [-0.2, -0.15) is 0 Å². The molecule has 4 aliphatic heterocycles. The summed E-state index contributed by atoms with van der Waals surface area (Å²) >= 11 is 0. The maximum atomic E-state index is 13.1. The molecule has 3 aromatic rings. The molecule has 222 valence electrons. The third-order valence-electron chi connectivity index (χ3n) is 9.63. The van der Waals surface area contributed by atoms with Crippen LogP contribution in [-0.2, 0) is 23.1 Å². The van der Waals surface area contributed by atoms with E-state index in [0.29, 0.717) is 25.2 Å². The Hall–Kier alpha value is -3.43. The van der Waals surface area contributed by atoms with Crippen LogP contribution < -0.4 is 10.5 Å². The van der Waals surface area contributed by atoms with Crippen molar-refractivity contribution in [1.29, 1.82) is 0 Å². The van der Waals surface area contributed by atoms with Crippen molar-refractivity contribution >= 4 is 22.8 Å². The third-order valence-corrected chi connectivity index (χ3v) is 9.63. The summed E-state index contributed by atoms with van der Waals surface area (Å²) in [5.74, 6) is 0.388. The standard InChI is InChI=1S/C33H41N5O4/c1-20-15-36(28-14-30(39)35(5)31-27(28)7-6-10-34-31)17-29-26-9-8-21(11-23(26)16-37(20)29)22-12-24-18-41-19-25(13-22)38(24)32(40)42-33(2,3)4/h6-11,14,20,22,24-25,29H,12-13,15-19H2,1-5H3/t20-,22?,24?,25?,29-/m1/s1. The zero-order chi connectivity index (χ0) is 29.3. The Morgan fingerprint density at radius 3 is 2.57 bits per heavy atom. The van der Waals surface area contributed by atoms with Gasteiger partial charge >= 0.3 is 6.09 Å². The quantitative estimate of drug-likeness (QED) is 0.446. The predicted molar refractivity (Wildman–Crippen MR) is 162 cm³/mol. The normalized spacial score (nSPS) is 27.6. The summed E-state index contributed by atoms with van der Waals surface area (Å²) in [5.41, 5.74) is 5.30. The number of aromatic nitrogens is 2. The van der Waals surface area contributed by atoms with Gasteiger partial charge in [-0.15, -0.1) is 0 Å². The predicted octanol–water partition coefficient (Wildman–Crippen LogP) is 4.58. The number of rotatable bonds is 2. The van der Waals surface area contributed by atoms with E-state index in [1.807, 2.05) is 31.7 Å². The van der Waals surface area contributed by atoms with Crippen molar-refractivity contribution in [2.24, 2.45) is 7.05 Å². The SMILES string of the molecule is C[C@@H]1CN(c2cc(=O)n(C)c3ncccc23)C[C@@H]2c3ccc(C4CC5COCC(C4)N5C(=O)OC(C)(C)C)cc3CN12. The number of piperazine rings is 1. The van der Waals surface area contributed by atoms with Gasteiger partial charge in [0.1, 0.15) is 11.2 Å². The maximum absolute atomic E-state index is 13.1. The van der Waals surface area contributed by atoms with Gasteiger partial charge in [0.15, 0.2) is 0 Å². The van der Waals surface area contributed by atoms with Crippen LogP contribution in [0.4, 0.5) is 10.5 Å². The van der Waals surface area contributed by atoms with Crippen molar-refractivity contribution in [1.82, 2.24) is 19.4 Å². The van der Waals surface area contributed by atoms with Gasteiger partial charge in [-0.1, -0.05) is 18.2 Å². The van der Waals surface area contributed by atoms with Crippen LogP contribution >= 0.6 is 0 Å². The Morgan fingerprint density at radius 1 is 1.07 bits per heavy atom. The number of piperidine rings is 1. The molecule has 0 spiro atoms. The molecule has 0 saturated carbocycles. The highest BCUT2D eigenvalue weighted by Gasteiger charge is 2.44. The van der Waals surface area contributed by atoms with Crippen LogP contribution in [0.2, 0.25) is 0 Å². The van der Waals surface area contributed by atoms with Gasteiger partial charge in [0, 0.05) is 50.4 Å². The van der Waals surface area contributed by atoms with Crippen LogP contribution in [0, 0.1) is 0 Å². The van der Waals surface area contributed by atoms with Crippen molar-refractivity contribution in [2.75, 3.05) is 31.2 Å². The van der Waals surface area contributed by atoms with Gasteiger partial charge in [-0.3, -0.25) is 19.2 Å². The lowest BCUT2D eigenvalue weighted by Crippen LogP contribution is -2.59. The lowest BCUT2D eigenvalue weighted by atomic mass is 9.80. The van der Waals surface area contributed by atoms with Gasteiger partial charge in [-0.05, 0) is 75.3 Å². The number of carbonyl (C=O) groups excluding carboxylic acids is 1. The Kier molecular flexibility index (Phi) is 6.58. The van der Waals surface area contributed by atoms with Crippen molar-refractivity contribution in [2.45, 2.75) is 82.8 Å². The van der Waals surface area contributed by atoms with Gasteiger partial charge in [-0.25, -0.2) is 9.78 Å². The number of anilines is 1. The Labute approximate surface area is 247 Å². The summed E-state index contributed by atoms with van der Waals surface area (Å²) in [6.45, 7) is 11.8. The molecule has 0 N–H and O–H groups in total. The molecule has 2 unspecified atom stereocenters. The molecular formula is C33H41N5O4. The Morgan fingerprint density at radius 2 is 1.83 bits per heavy atom. The fraction of sp³-hybridized carbons (Fsp3) is 0.545. The smallest absolute Gasteiger partial charge is 0.410 e. The number of carbonyl (C=O) groups is 1. The van der Waals surface area contributed by atoms with Gasteiger partial charge in [0.05, 0.1) is 37.0 Å². The molecule has 42 heavy (non-hydrogen) atoms. The molecule has 0 radical (unpaired) electrons. The van der Waals surface area contributed by atoms with E-state index in [4.69, 9.17) is 9.47 Å². The molecule has 4 atom stereocenters. The summed E-state index contributed by atoms with van der Waals surface area (Å²) in [7, 11) is 1.79. The van der Waals surface area contributed by atoms with E-state index in [2.05, 4.69) is 46.0 Å². The topological polar surface area (TPSA) is 80.1 Å². The third kappa shape index (κ3) is 4.67. The molecule has 9 heteroatoms. The highest BCUT2D eigenvalue weighted by atomic mass is 16.6. The minimum absolute atomic E-state index is 0.0318. The van der Waals surface area contributed by atoms with E-state index in [1.165, 1.54) is 16.7 Å². The van der Waals surface area contributed by atoms with Crippen molar-refractivity contribution in [3.8, 4) is 0 Å². The molecule has 7 rings (SSSR count). The molecule has 3 saturated heterocycles. The first-order valence-corrected chi connectivity index (χ1v) is 15.2. The number of fused-ring (bicyclic) bond motifs is 6. The van der Waals surface area contributed by atoms with Gasteiger partial charge in [0.25, 0.3) is 5.56 Å². The van der Waals surface area contributed by atoms with Crippen LogP contribution in [0.15, 0.2) is 47.4 Å². The summed E-state index contributed by atoms with van der Waals surface area (Å²) in [6, 6.07) is 13.5. The largest absolute Gasteiger partial charge is 0.444 e. The number of pyridine rings is 2. The molecule has 4 aliphatic rings. The highest BCUT2D eigenvalue weighted by molar-refractivity contribution is 5.89. The zero-order valence-corrected chi connectivity index (χ0v) is 25.2. The molecule has 1 aromatic carbocycles. The van der Waals surface area contributed by atoms with Crippen LogP contribution in [0.5, 0.6) is 0 Å². The molecule has 9 nitrogen and oxygen atoms in total. The summed E-state index contributed by atoms with van der Waals surface area (Å²) < 4.78 is 13.3. The Balaban J connectivity index is 1.13. The lowest BCUT2D eigenvalue weighted by Gasteiger charge is -2.48. The number of benzene rings is 1. The summed E-state index contributed by atoms with van der Waals surface area (Å²) in [6.07, 6.45) is 3.30. The number of ether oxygens (including phenoxy) is 2. The van der Waals surface area contributed by atoms with Crippen molar-refractivity contribution in [3.63, 3.8) is 0 Å². The molecule has 6 heterocycles. The fourth-order valence-electron chi connectivity index (χ4n) is 7.72. The van der Waals surface area contributed by atoms with E-state index in [1.54, 1.807) is 23.9 Å². The first kappa shape index (κ1) is 27.4. The first-order chi connectivity index (χ1) is 20.1. The number of morpholine rings is 1. The lowest BCUT2D eigenvalue weighted by molar-refractivity contribution is -0.0825. The second kappa shape index (κ2) is 10.1. The van der Waals surface area contributed by atoms with Gasteiger partial charge < -0.3 is 14.4 Å². The van der Waals surface area contributed by atoms with E-state index in [9.17, 15) is 9.59 Å². The number of aryl methyl sites for hydroxylation is 1. The van der Waals surface area contributed by atoms with E-state index >= 15 is 0 Å². The zero-order valence-electron chi connectivity index (χ0n) is 25.2. The molecule has 3 fully saturated rings. The van der Waals surface area contributed by atoms with Crippen LogP contribution in [0.1, 0.15) is 69.2 Å². The van der Waals surface area contributed by atoms with E-state index in [0.717, 1.165) is 49.2 Å². The second-order valence-electron chi connectivity index (χ2n) is 13.6.